The number of carbonyl (C=O) groups is 2. The Balaban J connectivity index is 2.67. The second-order valence-corrected chi connectivity index (χ2v) is 5.93. The molecule has 1 aromatic heterocycles. The molecule has 0 spiro atoms. The summed E-state index contributed by atoms with van der Waals surface area (Å²) in [5, 5.41) is 16.7. The summed E-state index contributed by atoms with van der Waals surface area (Å²) in [5.74, 6) is -1.06. The SMILES string of the molecule is CCC(CC)(CC)NC(=O)NC(C)c1nc(C(=O)O)cs1. The number of urea groups is 1. The molecule has 1 aromatic rings. The molecule has 2 amide bonds. The van der Waals surface area contributed by atoms with Crippen molar-refractivity contribution in [1.82, 2.24) is 15.6 Å². The van der Waals surface area contributed by atoms with Gasteiger partial charge in [0.2, 0.25) is 0 Å². The van der Waals surface area contributed by atoms with E-state index in [1.807, 2.05) is 0 Å². The lowest BCUT2D eigenvalue weighted by Gasteiger charge is -2.32. The summed E-state index contributed by atoms with van der Waals surface area (Å²) in [7, 11) is 0. The van der Waals surface area contributed by atoms with Gasteiger partial charge in [0.05, 0.1) is 6.04 Å². The molecule has 0 radical (unpaired) electrons. The number of aromatic nitrogens is 1. The van der Waals surface area contributed by atoms with Crippen molar-refractivity contribution < 1.29 is 14.7 Å². The average molecular weight is 313 g/mol. The topological polar surface area (TPSA) is 91.3 Å². The van der Waals surface area contributed by atoms with Gasteiger partial charge in [0, 0.05) is 10.9 Å². The smallest absolute Gasteiger partial charge is 0.355 e. The average Bonchev–Trinajstić information content (AvgIpc) is 2.95. The lowest BCUT2D eigenvalue weighted by atomic mass is 9.90. The van der Waals surface area contributed by atoms with Crippen LogP contribution in [0.5, 0.6) is 0 Å². The van der Waals surface area contributed by atoms with Crippen LogP contribution < -0.4 is 10.6 Å². The van der Waals surface area contributed by atoms with E-state index in [1.54, 1.807) is 6.92 Å². The minimum Gasteiger partial charge on any atom is -0.476 e. The van der Waals surface area contributed by atoms with Crippen LogP contribution in [-0.4, -0.2) is 27.6 Å². The van der Waals surface area contributed by atoms with Gasteiger partial charge in [-0.3, -0.25) is 0 Å². The van der Waals surface area contributed by atoms with E-state index in [2.05, 4.69) is 36.4 Å². The number of nitrogens with zero attached hydrogens (tertiary/aromatic N) is 1. The van der Waals surface area contributed by atoms with E-state index in [-0.39, 0.29) is 23.3 Å². The van der Waals surface area contributed by atoms with Crippen molar-refractivity contribution >= 4 is 23.3 Å². The molecule has 0 aliphatic heterocycles. The van der Waals surface area contributed by atoms with Crippen LogP contribution in [0.25, 0.3) is 0 Å². The van der Waals surface area contributed by atoms with Gasteiger partial charge in [-0.25, -0.2) is 14.6 Å². The number of carboxylic acids is 1. The van der Waals surface area contributed by atoms with Gasteiger partial charge >= 0.3 is 12.0 Å². The molecule has 0 aliphatic carbocycles. The summed E-state index contributed by atoms with van der Waals surface area (Å²) < 4.78 is 0. The Morgan fingerprint density at radius 3 is 2.33 bits per heavy atom. The Morgan fingerprint density at radius 1 is 1.33 bits per heavy atom. The first-order valence-electron chi connectivity index (χ1n) is 7.14. The molecule has 0 aromatic carbocycles. The van der Waals surface area contributed by atoms with Crippen LogP contribution in [0.4, 0.5) is 4.79 Å². The first-order chi connectivity index (χ1) is 9.87. The van der Waals surface area contributed by atoms with Crippen molar-refractivity contribution in [2.45, 2.75) is 58.5 Å². The molecule has 0 saturated carbocycles. The van der Waals surface area contributed by atoms with E-state index in [0.717, 1.165) is 19.3 Å². The van der Waals surface area contributed by atoms with Gasteiger partial charge in [-0.15, -0.1) is 11.3 Å². The first kappa shape index (κ1) is 17.4. The third-order valence-corrected chi connectivity index (χ3v) is 4.90. The van der Waals surface area contributed by atoms with Crippen LogP contribution in [0.3, 0.4) is 0 Å². The Bertz CT molecular complexity index is 489. The van der Waals surface area contributed by atoms with Gasteiger partial charge < -0.3 is 15.7 Å². The van der Waals surface area contributed by atoms with E-state index in [1.165, 1.54) is 16.7 Å². The van der Waals surface area contributed by atoms with Gasteiger partial charge in [-0.05, 0) is 26.2 Å². The Labute approximate surface area is 129 Å². The summed E-state index contributed by atoms with van der Waals surface area (Å²) in [6, 6.07) is -0.577. The van der Waals surface area contributed by atoms with Crippen LogP contribution in [0.2, 0.25) is 0 Å². The predicted molar refractivity (Wildman–Crippen MR) is 82.8 cm³/mol. The van der Waals surface area contributed by atoms with Crippen molar-refractivity contribution in [1.29, 1.82) is 0 Å². The maximum Gasteiger partial charge on any atom is 0.355 e. The maximum atomic E-state index is 12.1. The van der Waals surface area contributed by atoms with Gasteiger partial charge in [0.15, 0.2) is 5.69 Å². The zero-order chi connectivity index (χ0) is 16.0. The van der Waals surface area contributed by atoms with Crippen LogP contribution in [-0.2, 0) is 0 Å². The molecule has 1 atom stereocenters. The zero-order valence-electron chi connectivity index (χ0n) is 12.9. The molecule has 0 fully saturated rings. The second kappa shape index (κ2) is 7.40. The zero-order valence-corrected chi connectivity index (χ0v) is 13.7. The number of nitrogens with one attached hydrogen (secondary N) is 2. The lowest BCUT2D eigenvalue weighted by molar-refractivity contribution is 0.0691. The highest BCUT2D eigenvalue weighted by Crippen LogP contribution is 2.20. The second-order valence-electron chi connectivity index (χ2n) is 5.04. The highest BCUT2D eigenvalue weighted by molar-refractivity contribution is 7.09. The van der Waals surface area contributed by atoms with Crippen molar-refractivity contribution in [3.63, 3.8) is 0 Å². The fourth-order valence-corrected chi connectivity index (χ4v) is 2.94. The Hall–Kier alpha value is -1.63. The standard InChI is InChI=1S/C14H23N3O3S/c1-5-14(6-2,7-3)17-13(20)15-9(4)11-16-10(8-21-11)12(18)19/h8-9H,5-7H2,1-4H3,(H,18,19)(H2,15,17,20). The van der Waals surface area contributed by atoms with E-state index in [9.17, 15) is 9.59 Å². The normalized spacial score (nSPS) is 12.8. The fraction of sp³-hybridized carbons (Fsp3) is 0.643. The van der Waals surface area contributed by atoms with Gasteiger partial charge in [0.1, 0.15) is 5.01 Å². The molecule has 1 rings (SSSR count). The number of thiazole rings is 1. The van der Waals surface area contributed by atoms with Crippen molar-refractivity contribution in [3.05, 3.63) is 16.1 Å². The highest BCUT2D eigenvalue weighted by Gasteiger charge is 2.26. The molecule has 0 aliphatic rings. The largest absolute Gasteiger partial charge is 0.476 e. The molecule has 0 saturated heterocycles. The lowest BCUT2D eigenvalue weighted by Crippen LogP contribution is -2.51. The number of amides is 2. The van der Waals surface area contributed by atoms with Crippen molar-refractivity contribution in [3.8, 4) is 0 Å². The van der Waals surface area contributed by atoms with Crippen molar-refractivity contribution in [2.24, 2.45) is 0 Å². The predicted octanol–water partition coefficient (Wildman–Crippen LogP) is 3.17. The minimum absolute atomic E-state index is 0.00841. The molecule has 1 unspecified atom stereocenters. The third-order valence-electron chi connectivity index (χ3n) is 3.87. The third kappa shape index (κ3) is 4.42. The van der Waals surface area contributed by atoms with Crippen molar-refractivity contribution in [2.75, 3.05) is 0 Å². The molecule has 21 heavy (non-hydrogen) atoms. The summed E-state index contributed by atoms with van der Waals surface area (Å²) in [5.41, 5.74) is -0.187. The van der Waals surface area contributed by atoms with Crippen LogP contribution >= 0.6 is 11.3 Å². The first-order valence-corrected chi connectivity index (χ1v) is 8.02. The monoisotopic (exact) mass is 313 g/mol. The minimum atomic E-state index is -1.06. The van der Waals surface area contributed by atoms with Gasteiger partial charge in [-0.1, -0.05) is 20.8 Å². The summed E-state index contributed by atoms with van der Waals surface area (Å²) in [6.07, 6.45) is 2.59. The number of carbonyl (C=O) groups excluding carboxylic acids is 1. The van der Waals surface area contributed by atoms with E-state index in [0.29, 0.717) is 5.01 Å². The number of aromatic carboxylic acids is 1. The molecule has 6 nitrogen and oxygen atoms in total. The van der Waals surface area contributed by atoms with Gasteiger partial charge in [0.25, 0.3) is 0 Å². The molecule has 3 N–H and O–H groups in total. The van der Waals surface area contributed by atoms with E-state index >= 15 is 0 Å². The number of rotatable bonds is 7. The maximum absolute atomic E-state index is 12.1. The fourth-order valence-electron chi connectivity index (χ4n) is 2.14. The van der Waals surface area contributed by atoms with Crippen LogP contribution in [0, 0.1) is 0 Å². The van der Waals surface area contributed by atoms with Gasteiger partial charge in [-0.2, -0.15) is 0 Å². The molecular formula is C14H23N3O3S. The molecule has 118 valence electrons. The molecule has 7 heteroatoms. The summed E-state index contributed by atoms with van der Waals surface area (Å²) in [4.78, 5) is 26.9. The van der Waals surface area contributed by atoms with Crippen LogP contribution in [0.15, 0.2) is 5.38 Å². The number of hydrogen-bond donors (Lipinski definition) is 3. The Kier molecular flexibility index (Phi) is 6.14. The highest BCUT2D eigenvalue weighted by atomic mass is 32.1. The quantitative estimate of drug-likeness (QED) is 0.721. The number of hydrogen-bond acceptors (Lipinski definition) is 4. The molecule has 0 bridgehead atoms. The number of carboxylic acid groups (broad SMARTS) is 1. The van der Waals surface area contributed by atoms with Crippen LogP contribution in [0.1, 0.15) is 68.5 Å². The molecular weight excluding hydrogens is 290 g/mol. The Morgan fingerprint density at radius 2 is 1.90 bits per heavy atom. The van der Waals surface area contributed by atoms with E-state index in [4.69, 9.17) is 5.11 Å². The van der Waals surface area contributed by atoms with E-state index < -0.39 is 5.97 Å². The summed E-state index contributed by atoms with van der Waals surface area (Å²) in [6.45, 7) is 7.94. The summed E-state index contributed by atoms with van der Waals surface area (Å²) >= 11 is 1.23. The molecule has 1 heterocycles.